The van der Waals surface area contributed by atoms with E-state index in [-0.39, 0.29) is 11.4 Å². The molecule has 0 saturated heterocycles. The van der Waals surface area contributed by atoms with Crippen LogP contribution in [0.5, 0.6) is 5.75 Å². The van der Waals surface area contributed by atoms with Crippen LogP contribution in [0.15, 0.2) is 36.5 Å². The van der Waals surface area contributed by atoms with E-state index < -0.39 is 0 Å². The Morgan fingerprint density at radius 2 is 1.97 bits per heavy atom. The lowest BCUT2D eigenvalue weighted by atomic mass is 9.65. The molecule has 4 rings (SSSR count). The molecular formula is C26H36N6O2. The topological polar surface area (TPSA) is 75.5 Å². The van der Waals surface area contributed by atoms with Crippen LogP contribution in [-0.2, 0) is 5.54 Å². The molecular weight excluding hydrogens is 428 g/mol. The fourth-order valence-corrected chi connectivity index (χ4v) is 4.78. The van der Waals surface area contributed by atoms with Gasteiger partial charge in [-0.25, -0.2) is 4.98 Å². The maximum Gasteiger partial charge on any atom is 0.270 e. The molecule has 3 aromatic rings. The van der Waals surface area contributed by atoms with Gasteiger partial charge in [0.2, 0.25) is 5.95 Å². The average Bonchev–Trinajstić information content (AvgIpc) is 3.18. The van der Waals surface area contributed by atoms with E-state index in [1.807, 2.05) is 44.4 Å². The lowest BCUT2D eigenvalue weighted by Crippen LogP contribution is -2.49. The van der Waals surface area contributed by atoms with Gasteiger partial charge in [0.05, 0.1) is 0 Å². The van der Waals surface area contributed by atoms with Gasteiger partial charge in [-0.05, 0) is 69.6 Å². The third-order valence-corrected chi connectivity index (χ3v) is 7.07. The van der Waals surface area contributed by atoms with Crippen molar-refractivity contribution in [2.24, 2.45) is 5.92 Å². The van der Waals surface area contributed by atoms with Crippen LogP contribution in [0.25, 0.3) is 11.0 Å². The van der Waals surface area contributed by atoms with Crippen LogP contribution < -0.4 is 10.1 Å². The third kappa shape index (κ3) is 4.46. The number of benzene rings is 1. The van der Waals surface area contributed by atoms with Crippen LogP contribution in [0.2, 0.25) is 0 Å². The number of amides is 1. The SMILES string of the molecule is CCC1(n2c(C(=O)N(C)C)cc3cnc(Nc4ccc(OCCN(C)C)cc4)nc32)CC[C@H]1C. The molecule has 8 heteroatoms. The Labute approximate surface area is 201 Å². The second-order valence-electron chi connectivity index (χ2n) is 9.74. The Morgan fingerprint density at radius 3 is 2.53 bits per heavy atom. The molecule has 182 valence electrons. The van der Waals surface area contributed by atoms with Crippen molar-refractivity contribution in [3.8, 4) is 5.75 Å². The van der Waals surface area contributed by atoms with Gasteiger partial charge in [-0.15, -0.1) is 0 Å². The zero-order chi connectivity index (χ0) is 24.5. The summed E-state index contributed by atoms with van der Waals surface area (Å²) in [6.45, 7) is 5.98. The first-order valence-corrected chi connectivity index (χ1v) is 12.0. The van der Waals surface area contributed by atoms with Gasteiger partial charge in [0.15, 0.2) is 0 Å². The summed E-state index contributed by atoms with van der Waals surface area (Å²) in [5.41, 5.74) is 2.27. The summed E-state index contributed by atoms with van der Waals surface area (Å²) in [4.78, 5) is 26.2. The van der Waals surface area contributed by atoms with Crippen LogP contribution in [0, 0.1) is 5.92 Å². The zero-order valence-corrected chi connectivity index (χ0v) is 21.1. The lowest BCUT2D eigenvalue weighted by Gasteiger charge is -2.50. The second kappa shape index (κ2) is 9.62. The number of carbonyl (C=O) groups is 1. The summed E-state index contributed by atoms with van der Waals surface area (Å²) in [7, 11) is 7.63. The molecule has 1 aromatic carbocycles. The fraction of sp³-hybridized carbons (Fsp3) is 0.500. The highest BCUT2D eigenvalue weighted by Gasteiger charge is 2.46. The summed E-state index contributed by atoms with van der Waals surface area (Å²) in [5, 5.41) is 4.19. The van der Waals surface area contributed by atoms with Crippen LogP contribution in [0.1, 0.15) is 43.6 Å². The standard InChI is InChI=1S/C26H36N6O2/c1-7-26(13-12-18(26)2)32-22(24(33)31(5)6)16-19-17-27-25(29-23(19)32)28-20-8-10-21(11-9-20)34-15-14-30(3)4/h8-11,16-18H,7,12-15H2,1-6H3,(H,27,28,29)/t18-,26?/m1/s1. The molecule has 1 unspecified atom stereocenters. The van der Waals surface area contributed by atoms with Gasteiger partial charge in [-0.1, -0.05) is 13.8 Å². The monoisotopic (exact) mass is 464 g/mol. The molecule has 1 fully saturated rings. The van der Waals surface area contributed by atoms with Crippen LogP contribution in [0.4, 0.5) is 11.6 Å². The Kier molecular flexibility index (Phi) is 6.79. The summed E-state index contributed by atoms with van der Waals surface area (Å²) >= 11 is 0. The molecule has 1 aliphatic carbocycles. The van der Waals surface area contributed by atoms with E-state index in [9.17, 15) is 4.79 Å². The van der Waals surface area contributed by atoms with E-state index in [4.69, 9.17) is 9.72 Å². The number of nitrogens with one attached hydrogen (secondary N) is 1. The lowest BCUT2D eigenvalue weighted by molar-refractivity contribution is 0.0488. The van der Waals surface area contributed by atoms with Gasteiger partial charge in [-0.2, -0.15) is 4.98 Å². The number of hydrogen-bond acceptors (Lipinski definition) is 6. The zero-order valence-electron chi connectivity index (χ0n) is 21.1. The predicted octanol–water partition coefficient (Wildman–Crippen LogP) is 4.35. The highest BCUT2D eigenvalue weighted by molar-refractivity contribution is 5.98. The van der Waals surface area contributed by atoms with Crippen molar-refractivity contribution in [3.63, 3.8) is 0 Å². The molecule has 0 bridgehead atoms. The van der Waals surface area contributed by atoms with Gasteiger partial charge in [0.1, 0.15) is 23.7 Å². The molecule has 0 spiro atoms. The van der Waals surface area contributed by atoms with Gasteiger partial charge >= 0.3 is 0 Å². The number of anilines is 2. The van der Waals surface area contributed by atoms with Crippen molar-refractivity contribution in [2.75, 3.05) is 46.7 Å². The summed E-state index contributed by atoms with van der Waals surface area (Å²) in [5.74, 6) is 1.81. The largest absolute Gasteiger partial charge is 0.492 e. The van der Waals surface area contributed by atoms with Crippen molar-refractivity contribution in [3.05, 3.63) is 42.2 Å². The van der Waals surface area contributed by atoms with E-state index in [1.54, 1.807) is 25.2 Å². The highest BCUT2D eigenvalue weighted by atomic mass is 16.5. The first-order chi connectivity index (χ1) is 16.2. The number of nitrogens with zero attached hydrogens (tertiary/aromatic N) is 5. The summed E-state index contributed by atoms with van der Waals surface area (Å²) in [6, 6.07) is 9.73. The van der Waals surface area contributed by atoms with Crippen LogP contribution in [0.3, 0.4) is 0 Å². The third-order valence-electron chi connectivity index (χ3n) is 7.07. The molecule has 2 aromatic heterocycles. The molecule has 2 atom stereocenters. The molecule has 2 heterocycles. The van der Waals surface area contributed by atoms with Crippen molar-refractivity contribution < 1.29 is 9.53 Å². The van der Waals surface area contributed by atoms with Crippen LogP contribution >= 0.6 is 0 Å². The fourth-order valence-electron chi connectivity index (χ4n) is 4.78. The minimum Gasteiger partial charge on any atom is -0.492 e. The van der Waals surface area contributed by atoms with Crippen LogP contribution in [-0.4, -0.2) is 71.6 Å². The van der Waals surface area contributed by atoms with Crippen molar-refractivity contribution in [1.82, 2.24) is 24.3 Å². The van der Waals surface area contributed by atoms with Crippen molar-refractivity contribution in [1.29, 1.82) is 0 Å². The molecule has 1 N–H and O–H groups in total. The predicted molar refractivity (Wildman–Crippen MR) is 136 cm³/mol. The second-order valence-corrected chi connectivity index (χ2v) is 9.74. The Bertz CT molecular complexity index is 1150. The van der Waals surface area contributed by atoms with Gasteiger partial charge in [0, 0.05) is 43.4 Å². The number of fused-ring (bicyclic) bond motifs is 1. The highest BCUT2D eigenvalue weighted by Crippen LogP contribution is 2.49. The van der Waals surface area contributed by atoms with E-state index in [0.717, 1.165) is 48.3 Å². The number of likely N-dealkylation sites (N-methyl/N-ethyl adjacent to an activating group) is 1. The summed E-state index contributed by atoms with van der Waals surface area (Å²) < 4.78 is 7.97. The molecule has 1 saturated carbocycles. The smallest absolute Gasteiger partial charge is 0.270 e. The van der Waals surface area contributed by atoms with Gasteiger partial charge in [-0.3, -0.25) is 4.79 Å². The van der Waals surface area contributed by atoms with E-state index in [2.05, 4.69) is 33.6 Å². The van der Waals surface area contributed by atoms with Crippen molar-refractivity contribution in [2.45, 2.75) is 38.6 Å². The number of aromatic nitrogens is 3. The maximum absolute atomic E-state index is 13.1. The summed E-state index contributed by atoms with van der Waals surface area (Å²) in [6.07, 6.45) is 4.96. The minimum atomic E-state index is -0.0973. The number of ether oxygens (including phenoxy) is 1. The molecule has 1 aliphatic rings. The molecule has 1 amide bonds. The van der Waals surface area contributed by atoms with E-state index in [1.165, 1.54) is 0 Å². The van der Waals surface area contributed by atoms with Gasteiger partial charge < -0.3 is 24.4 Å². The minimum absolute atomic E-state index is 0.00992. The first-order valence-electron chi connectivity index (χ1n) is 12.0. The Hall–Kier alpha value is -3.13. The first kappa shape index (κ1) is 24.0. The van der Waals surface area contributed by atoms with E-state index >= 15 is 0 Å². The number of carbonyl (C=O) groups excluding carboxylic acids is 1. The number of hydrogen-bond donors (Lipinski definition) is 1. The quantitative estimate of drug-likeness (QED) is 0.507. The van der Waals surface area contributed by atoms with E-state index in [0.29, 0.717) is 24.2 Å². The maximum atomic E-state index is 13.1. The Morgan fingerprint density at radius 1 is 1.24 bits per heavy atom. The normalized spacial score (nSPS) is 19.8. The molecule has 8 nitrogen and oxygen atoms in total. The molecule has 34 heavy (non-hydrogen) atoms. The molecule has 0 aliphatic heterocycles. The Balaban J connectivity index is 1.64. The molecule has 0 radical (unpaired) electrons. The number of rotatable bonds is 9. The van der Waals surface area contributed by atoms with Gasteiger partial charge in [0.25, 0.3) is 5.91 Å². The van der Waals surface area contributed by atoms with Crippen molar-refractivity contribution >= 4 is 28.6 Å². The average molecular weight is 465 g/mol.